The second-order valence-electron chi connectivity index (χ2n) is 5.17. The van der Waals surface area contributed by atoms with Crippen molar-refractivity contribution in [2.75, 3.05) is 25.0 Å². The summed E-state index contributed by atoms with van der Waals surface area (Å²) in [7, 11) is 0. The van der Waals surface area contributed by atoms with Crippen molar-refractivity contribution in [3.05, 3.63) is 29.3 Å². The Balaban J connectivity index is 1.86. The largest absolute Gasteiger partial charge is 0.481 e. The number of carbonyl (C=O) groups is 2. The second-order valence-corrected chi connectivity index (χ2v) is 5.61. The Labute approximate surface area is 122 Å². The first kappa shape index (κ1) is 14.8. The summed E-state index contributed by atoms with van der Waals surface area (Å²) >= 11 is 5.77. The standard InChI is InChI=1S/C14H17ClN2O3/c1-9-6-17(7-12(9)14(19)20)8-13(18)16-11-4-2-10(15)3-5-11/h2-5,9,12H,6-8H2,1H3,(H,16,18)(H,19,20)/t9-,12-/m1/s1. The number of carbonyl (C=O) groups excluding carboxylic acids is 1. The van der Waals surface area contributed by atoms with Crippen LogP contribution in [0, 0.1) is 11.8 Å². The van der Waals surface area contributed by atoms with Gasteiger partial charge in [0.25, 0.3) is 0 Å². The Kier molecular flexibility index (Phi) is 4.62. The first-order valence-corrected chi connectivity index (χ1v) is 6.84. The summed E-state index contributed by atoms with van der Waals surface area (Å²) in [4.78, 5) is 24.8. The Bertz CT molecular complexity index is 504. The molecule has 6 heteroatoms. The maximum atomic E-state index is 11.9. The van der Waals surface area contributed by atoms with E-state index in [1.165, 1.54) is 0 Å². The summed E-state index contributed by atoms with van der Waals surface area (Å²) in [6, 6.07) is 6.87. The van der Waals surface area contributed by atoms with Crippen molar-refractivity contribution < 1.29 is 14.7 Å². The van der Waals surface area contributed by atoms with Gasteiger partial charge in [0.15, 0.2) is 0 Å². The Morgan fingerprint density at radius 1 is 1.35 bits per heavy atom. The molecule has 108 valence electrons. The molecule has 0 radical (unpaired) electrons. The number of aliphatic carboxylic acids is 1. The second kappa shape index (κ2) is 6.24. The quantitative estimate of drug-likeness (QED) is 0.891. The van der Waals surface area contributed by atoms with E-state index in [0.717, 1.165) is 0 Å². The highest BCUT2D eigenvalue weighted by Gasteiger charge is 2.35. The monoisotopic (exact) mass is 296 g/mol. The van der Waals surface area contributed by atoms with Crippen LogP contribution in [0.15, 0.2) is 24.3 Å². The summed E-state index contributed by atoms with van der Waals surface area (Å²) in [6.07, 6.45) is 0. The van der Waals surface area contributed by atoms with Crippen LogP contribution in [0.4, 0.5) is 5.69 Å². The topological polar surface area (TPSA) is 69.6 Å². The number of amides is 1. The van der Waals surface area contributed by atoms with Crippen molar-refractivity contribution in [1.82, 2.24) is 4.90 Å². The van der Waals surface area contributed by atoms with Crippen LogP contribution in [0.3, 0.4) is 0 Å². The van der Waals surface area contributed by atoms with E-state index in [1.54, 1.807) is 24.3 Å². The molecule has 20 heavy (non-hydrogen) atoms. The molecule has 2 N–H and O–H groups in total. The number of benzene rings is 1. The van der Waals surface area contributed by atoms with Gasteiger partial charge in [0, 0.05) is 23.8 Å². The number of halogens is 1. The SMILES string of the molecule is C[C@@H]1CN(CC(=O)Nc2ccc(Cl)cc2)C[C@H]1C(=O)O. The van der Waals surface area contributed by atoms with Gasteiger partial charge in [0.2, 0.25) is 5.91 Å². The molecule has 1 aromatic carbocycles. The van der Waals surface area contributed by atoms with Gasteiger partial charge in [0.1, 0.15) is 0 Å². The van der Waals surface area contributed by atoms with E-state index in [9.17, 15) is 9.59 Å². The molecule has 1 aliphatic rings. The van der Waals surface area contributed by atoms with Crippen LogP contribution in [-0.2, 0) is 9.59 Å². The maximum absolute atomic E-state index is 11.9. The van der Waals surface area contributed by atoms with E-state index in [1.807, 2.05) is 11.8 Å². The minimum atomic E-state index is -0.793. The van der Waals surface area contributed by atoms with Crippen molar-refractivity contribution >= 4 is 29.2 Å². The lowest BCUT2D eigenvalue weighted by molar-refractivity contribution is -0.142. The fourth-order valence-electron chi connectivity index (χ4n) is 2.45. The zero-order valence-corrected chi connectivity index (χ0v) is 11.9. The van der Waals surface area contributed by atoms with Crippen LogP contribution < -0.4 is 5.32 Å². The fourth-order valence-corrected chi connectivity index (χ4v) is 2.58. The zero-order chi connectivity index (χ0) is 14.7. The van der Waals surface area contributed by atoms with Crippen LogP contribution in [-0.4, -0.2) is 41.5 Å². The molecule has 1 fully saturated rings. The summed E-state index contributed by atoms with van der Waals surface area (Å²) in [5.41, 5.74) is 0.682. The molecule has 0 unspecified atom stereocenters. The molecule has 1 heterocycles. The lowest BCUT2D eigenvalue weighted by atomic mass is 9.99. The molecular formula is C14H17ClN2O3. The van der Waals surface area contributed by atoms with E-state index >= 15 is 0 Å². The van der Waals surface area contributed by atoms with Gasteiger partial charge in [0.05, 0.1) is 12.5 Å². The summed E-state index contributed by atoms with van der Waals surface area (Å²) in [5, 5.41) is 12.4. The van der Waals surface area contributed by atoms with Crippen LogP contribution in [0.25, 0.3) is 0 Å². The lowest BCUT2D eigenvalue weighted by Crippen LogP contribution is -2.32. The minimum absolute atomic E-state index is 0.0656. The number of carboxylic acids is 1. The molecule has 0 aliphatic carbocycles. The van der Waals surface area contributed by atoms with Gasteiger partial charge in [-0.15, -0.1) is 0 Å². The molecule has 5 nitrogen and oxygen atoms in total. The number of hydrogen-bond donors (Lipinski definition) is 2. The van der Waals surface area contributed by atoms with Gasteiger partial charge in [-0.1, -0.05) is 18.5 Å². The highest BCUT2D eigenvalue weighted by molar-refractivity contribution is 6.30. The number of hydrogen-bond acceptors (Lipinski definition) is 3. The third-order valence-electron chi connectivity index (χ3n) is 3.50. The van der Waals surface area contributed by atoms with E-state index in [0.29, 0.717) is 23.8 Å². The van der Waals surface area contributed by atoms with E-state index < -0.39 is 11.9 Å². The van der Waals surface area contributed by atoms with Crippen LogP contribution in [0.5, 0.6) is 0 Å². The number of nitrogens with one attached hydrogen (secondary N) is 1. The van der Waals surface area contributed by atoms with Gasteiger partial charge in [-0.25, -0.2) is 0 Å². The number of anilines is 1. The molecule has 2 atom stereocenters. The predicted octanol–water partition coefficient (Wildman–Crippen LogP) is 1.93. The fraction of sp³-hybridized carbons (Fsp3) is 0.429. The van der Waals surface area contributed by atoms with Crippen molar-refractivity contribution in [3.8, 4) is 0 Å². The lowest BCUT2D eigenvalue weighted by Gasteiger charge is -2.14. The molecule has 1 aromatic rings. The zero-order valence-electron chi connectivity index (χ0n) is 11.2. The van der Waals surface area contributed by atoms with Gasteiger partial charge < -0.3 is 10.4 Å². The first-order valence-electron chi connectivity index (χ1n) is 6.46. The molecule has 0 spiro atoms. The van der Waals surface area contributed by atoms with Crippen molar-refractivity contribution in [2.45, 2.75) is 6.92 Å². The van der Waals surface area contributed by atoms with E-state index in [2.05, 4.69) is 5.32 Å². The highest BCUT2D eigenvalue weighted by Crippen LogP contribution is 2.23. The van der Waals surface area contributed by atoms with Crippen molar-refractivity contribution in [1.29, 1.82) is 0 Å². The summed E-state index contributed by atoms with van der Waals surface area (Å²) in [5.74, 6) is -1.27. The van der Waals surface area contributed by atoms with Gasteiger partial charge in [-0.2, -0.15) is 0 Å². The molecule has 1 amide bonds. The third kappa shape index (κ3) is 3.71. The minimum Gasteiger partial charge on any atom is -0.481 e. The van der Waals surface area contributed by atoms with E-state index in [-0.39, 0.29) is 18.4 Å². The van der Waals surface area contributed by atoms with Crippen molar-refractivity contribution in [3.63, 3.8) is 0 Å². The average Bonchev–Trinajstić information content (AvgIpc) is 2.73. The highest BCUT2D eigenvalue weighted by atomic mass is 35.5. The normalized spacial score (nSPS) is 22.7. The predicted molar refractivity (Wildman–Crippen MR) is 76.8 cm³/mol. The van der Waals surface area contributed by atoms with Gasteiger partial charge in [-0.05, 0) is 30.2 Å². The van der Waals surface area contributed by atoms with Crippen molar-refractivity contribution in [2.24, 2.45) is 11.8 Å². The van der Waals surface area contributed by atoms with Gasteiger partial charge in [-0.3, -0.25) is 14.5 Å². The molecule has 0 saturated carbocycles. The Morgan fingerprint density at radius 3 is 2.55 bits per heavy atom. The number of rotatable bonds is 4. The average molecular weight is 297 g/mol. The van der Waals surface area contributed by atoms with Crippen LogP contribution >= 0.6 is 11.6 Å². The molecular weight excluding hydrogens is 280 g/mol. The van der Waals surface area contributed by atoms with Gasteiger partial charge >= 0.3 is 5.97 Å². The maximum Gasteiger partial charge on any atom is 0.308 e. The Morgan fingerprint density at radius 2 is 2.00 bits per heavy atom. The molecule has 0 aromatic heterocycles. The summed E-state index contributed by atoms with van der Waals surface area (Å²) < 4.78 is 0. The summed E-state index contributed by atoms with van der Waals surface area (Å²) in [6.45, 7) is 3.15. The smallest absolute Gasteiger partial charge is 0.308 e. The van der Waals surface area contributed by atoms with Crippen LogP contribution in [0.1, 0.15) is 6.92 Å². The third-order valence-corrected chi connectivity index (χ3v) is 3.75. The Hall–Kier alpha value is -1.59. The molecule has 1 aliphatic heterocycles. The molecule has 0 bridgehead atoms. The first-order chi connectivity index (χ1) is 9.45. The number of likely N-dealkylation sites (tertiary alicyclic amines) is 1. The number of nitrogens with zero attached hydrogens (tertiary/aromatic N) is 1. The number of carboxylic acid groups (broad SMARTS) is 1. The van der Waals surface area contributed by atoms with Crippen LogP contribution in [0.2, 0.25) is 5.02 Å². The molecule has 1 saturated heterocycles. The van der Waals surface area contributed by atoms with E-state index in [4.69, 9.17) is 16.7 Å². The molecule has 2 rings (SSSR count).